The topological polar surface area (TPSA) is 26.0 Å². The maximum absolute atomic E-state index is 5.86. The van der Waals surface area contributed by atoms with Gasteiger partial charge in [-0.1, -0.05) is 12.8 Å². The maximum atomic E-state index is 5.86. The summed E-state index contributed by atoms with van der Waals surface area (Å²) >= 11 is 0. The Morgan fingerprint density at radius 1 is 0.889 bits per heavy atom. The van der Waals surface area contributed by atoms with Crippen LogP contribution in [0, 0.1) is 11.8 Å². The summed E-state index contributed by atoms with van der Waals surface area (Å²) in [6.07, 6.45) is 7.07. The molecule has 0 aromatic rings. The minimum absolute atomic E-state index is 0.552. The number of fused-ring (bicyclic) bond motifs is 2. The Morgan fingerprint density at radius 3 is 2.00 bits per heavy atom. The van der Waals surface area contributed by atoms with Crippen LogP contribution in [-0.2, 0) is 0 Å². The first-order chi connectivity index (χ1) is 4.34. The molecule has 0 heterocycles. The van der Waals surface area contributed by atoms with Gasteiger partial charge in [0.25, 0.3) is 0 Å². The molecule has 1 nitrogen and oxygen atoms in total. The van der Waals surface area contributed by atoms with E-state index in [1.165, 1.54) is 32.1 Å². The molecule has 0 unspecified atom stereocenters. The third-order valence-corrected chi connectivity index (χ3v) is 2.92. The molecule has 2 aliphatic rings. The molecule has 3 atom stereocenters. The summed E-state index contributed by atoms with van der Waals surface area (Å²) in [4.78, 5) is 0. The normalized spacial score (nSPS) is 49.7. The van der Waals surface area contributed by atoms with Gasteiger partial charge in [0.2, 0.25) is 0 Å². The standard InChI is InChI=1S/C8H15N/c9-8-4-6-1-2-7(3-6)5-8/h6-8H,1-5,9H2/t6-,7+,8-. The van der Waals surface area contributed by atoms with Gasteiger partial charge in [-0.25, -0.2) is 0 Å². The molecule has 2 saturated carbocycles. The monoisotopic (exact) mass is 125 g/mol. The highest BCUT2D eigenvalue weighted by atomic mass is 14.7. The van der Waals surface area contributed by atoms with Crippen LogP contribution in [0.1, 0.15) is 32.1 Å². The minimum atomic E-state index is 0.552. The third kappa shape index (κ3) is 0.983. The predicted molar refractivity (Wildman–Crippen MR) is 38.0 cm³/mol. The van der Waals surface area contributed by atoms with Crippen LogP contribution in [0.2, 0.25) is 0 Å². The molecule has 0 aromatic carbocycles. The van der Waals surface area contributed by atoms with Gasteiger partial charge in [-0.3, -0.25) is 0 Å². The van der Waals surface area contributed by atoms with Crippen molar-refractivity contribution in [3.05, 3.63) is 0 Å². The lowest BCUT2D eigenvalue weighted by Gasteiger charge is -2.23. The van der Waals surface area contributed by atoms with Crippen LogP contribution in [0.15, 0.2) is 0 Å². The van der Waals surface area contributed by atoms with E-state index in [0.29, 0.717) is 6.04 Å². The van der Waals surface area contributed by atoms with E-state index in [1.54, 1.807) is 0 Å². The van der Waals surface area contributed by atoms with E-state index in [-0.39, 0.29) is 0 Å². The van der Waals surface area contributed by atoms with Gasteiger partial charge in [0.1, 0.15) is 0 Å². The molecule has 0 radical (unpaired) electrons. The molecule has 0 aromatic heterocycles. The SMILES string of the molecule is N[C@H]1C[C@H]2CC[C@@H](C1)C2. The van der Waals surface area contributed by atoms with Crippen LogP contribution in [0.5, 0.6) is 0 Å². The fourth-order valence-electron chi connectivity index (χ4n) is 2.56. The largest absolute Gasteiger partial charge is 0.328 e. The molecule has 2 bridgehead atoms. The fourth-order valence-corrected chi connectivity index (χ4v) is 2.56. The smallest absolute Gasteiger partial charge is 0.00441 e. The van der Waals surface area contributed by atoms with Crippen molar-refractivity contribution in [1.82, 2.24) is 0 Å². The van der Waals surface area contributed by atoms with E-state index in [4.69, 9.17) is 5.73 Å². The van der Waals surface area contributed by atoms with E-state index in [2.05, 4.69) is 0 Å². The highest BCUT2D eigenvalue weighted by molar-refractivity contribution is 4.86. The van der Waals surface area contributed by atoms with Crippen molar-refractivity contribution < 1.29 is 0 Å². The van der Waals surface area contributed by atoms with Gasteiger partial charge in [-0.15, -0.1) is 0 Å². The fraction of sp³-hybridized carbons (Fsp3) is 1.00. The van der Waals surface area contributed by atoms with Gasteiger partial charge in [0.05, 0.1) is 0 Å². The third-order valence-electron chi connectivity index (χ3n) is 2.92. The summed E-state index contributed by atoms with van der Waals surface area (Å²) < 4.78 is 0. The Hall–Kier alpha value is -0.0400. The van der Waals surface area contributed by atoms with Crippen molar-refractivity contribution in [3.8, 4) is 0 Å². The first kappa shape index (κ1) is 5.72. The lowest BCUT2D eigenvalue weighted by atomic mass is 9.86. The van der Waals surface area contributed by atoms with Crippen molar-refractivity contribution in [1.29, 1.82) is 0 Å². The van der Waals surface area contributed by atoms with E-state index in [9.17, 15) is 0 Å². The van der Waals surface area contributed by atoms with Crippen molar-refractivity contribution >= 4 is 0 Å². The molecule has 0 spiro atoms. The molecule has 2 aliphatic carbocycles. The molecule has 0 amide bonds. The maximum Gasteiger partial charge on any atom is 0.00441 e. The number of nitrogens with two attached hydrogens (primary N) is 1. The van der Waals surface area contributed by atoms with Gasteiger partial charge in [-0.2, -0.15) is 0 Å². The van der Waals surface area contributed by atoms with Crippen molar-refractivity contribution in [2.45, 2.75) is 38.1 Å². The number of hydrogen-bond donors (Lipinski definition) is 1. The molecule has 0 aliphatic heterocycles. The molecule has 1 heteroatoms. The molecule has 2 N–H and O–H groups in total. The first-order valence-corrected chi connectivity index (χ1v) is 4.10. The van der Waals surface area contributed by atoms with E-state index in [1.807, 2.05) is 0 Å². The van der Waals surface area contributed by atoms with Crippen LogP contribution in [0.3, 0.4) is 0 Å². The molecule has 2 rings (SSSR count). The summed E-state index contributed by atoms with van der Waals surface area (Å²) in [7, 11) is 0. The van der Waals surface area contributed by atoms with E-state index in [0.717, 1.165) is 11.8 Å². The highest BCUT2D eigenvalue weighted by Crippen LogP contribution is 2.41. The second-order valence-corrected chi connectivity index (χ2v) is 3.78. The lowest BCUT2D eigenvalue weighted by molar-refractivity contribution is 0.320. The van der Waals surface area contributed by atoms with Crippen LogP contribution < -0.4 is 5.73 Å². The highest BCUT2D eigenvalue weighted by Gasteiger charge is 2.31. The zero-order chi connectivity index (χ0) is 6.27. The molecular formula is C8H15N. The van der Waals surface area contributed by atoms with Crippen molar-refractivity contribution in [3.63, 3.8) is 0 Å². The summed E-state index contributed by atoms with van der Waals surface area (Å²) in [6.45, 7) is 0. The summed E-state index contributed by atoms with van der Waals surface area (Å²) in [6, 6.07) is 0.552. The van der Waals surface area contributed by atoms with Gasteiger partial charge < -0.3 is 5.73 Å². The Morgan fingerprint density at radius 2 is 1.44 bits per heavy atom. The van der Waals surface area contributed by atoms with Crippen molar-refractivity contribution in [2.75, 3.05) is 0 Å². The minimum Gasteiger partial charge on any atom is -0.328 e. The van der Waals surface area contributed by atoms with Gasteiger partial charge in [0.15, 0.2) is 0 Å². The molecule has 0 saturated heterocycles. The number of hydrogen-bond acceptors (Lipinski definition) is 1. The summed E-state index contributed by atoms with van der Waals surface area (Å²) in [5.41, 5.74) is 5.86. The Bertz CT molecular complexity index is 99.1. The Balaban J connectivity index is 2.03. The lowest BCUT2D eigenvalue weighted by Crippen LogP contribution is -2.28. The summed E-state index contributed by atoms with van der Waals surface area (Å²) in [5.74, 6) is 2.03. The number of rotatable bonds is 0. The Kier molecular flexibility index (Phi) is 1.26. The zero-order valence-corrected chi connectivity index (χ0v) is 5.84. The molecule has 2 fully saturated rings. The van der Waals surface area contributed by atoms with E-state index >= 15 is 0 Å². The zero-order valence-electron chi connectivity index (χ0n) is 5.84. The van der Waals surface area contributed by atoms with Crippen molar-refractivity contribution in [2.24, 2.45) is 17.6 Å². The van der Waals surface area contributed by atoms with Crippen LogP contribution in [-0.4, -0.2) is 6.04 Å². The van der Waals surface area contributed by atoms with E-state index < -0.39 is 0 Å². The average molecular weight is 125 g/mol. The molecule has 52 valence electrons. The second-order valence-electron chi connectivity index (χ2n) is 3.78. The Labute approximate surface area is 56.6 Å². The van der Waals surface area contributed by atoms with Gasteiger partial charge in [-0.05, 0) is 31.1 Å². The van der Waals surface area contributed by atoms with Crippen LogP contribution in [0.25, 0.3) is 0 Å². The quantitative estimate of drug-likeness (QED) is 0.522. The molecular weight excluding hydrogens is 110 g/mol. The molecule has 9 heavy (non-hydrogen) atoms. The average Bonchev–Trinajstić information content (AvgIpc) is 2.11. The van der Waals surface area contributed by atoms with Crippen LogP contribution >= 0.6 is 0 Å². The predicted octanol–water partition coefficient (Wildman–Crippen LogP) is 1.52. The van der Waals surface area contributed by atoms with Gasteiger partial charge in [0, 0.05) is 6.04 Å². The summed E-state index contributed by atoms with van der Waals surface area (Å²) in [5, 5.41) is 0. The first-order valence-electron chi connectivity index (χ1n) is 4.10. The van der Waals surface area contributed by atoms with Gasteiger partial charge >= 0.3 is 0 Å². The van der Waals surface area contributed by atoms with Crippen LogP contribution in [0.4, 0.5) is 0 Å². The second kappa shape index (κ2) is 1.98.